The van der Waals surface area contributed by atoms with Gasteiger partial charge < -0.3 is 4.74 Å². The summed E-state index contributed by atoms with van der Waals surface area (Å²) in [6, 6.07) is 21.9. The van der Waals surface area contributed by atoms with Gasteiger partial charge in [0.05, 0.1) is 18.6 Å². The van der Waals surface area contributed by atoms with Gasteiger partial charge in [-0.25, -0.2) is 0 Å². The molecule has 0 bridgehead atoms. The molecular weight excluding hydrogens is 360 g/mol. The molecule has 2 saturated heterocycles. The average molecular weight is 393 g/mol. The van der Waals surface area contributed by atoms with Crippen LogP contribution in [-0.4, -0.2) is 54.1 Å². The van der Waals surface area contributed by atoms with Crippen LogP contribution in [0.4, 0.5) is 0 Å². The first-order valence-electron chi connectivity index (χ1n) is 10.9. The molecule has 2 aromatic carbocycles. The highest BCUT2D eigenvalue weighted by Crippen LogP contribution is 2.39. The van der Waals surface area contributed by atoms with E-state index in [4.69, 9.17) is 4.74 Å². The molecule has 2 aliphatic heterocycles. The van der Waals surface area contributed by atoms with Crippen LogP contribution in [0.15, 0.2) is 60.7 Å². The molecule has 29 heavy (non-hydrogen) atoms. The van der Waals surface area contributed by atoms with E-state index in [-0.39, 0.29) is 17.4 Å². The molecule has 2 aliphatic rings. The van der Waals surface area contributed by atoms with E-state index in [0.717, 1.165) is 39.0 Å². The van der Waals surface area contributed by atoms with E-state index in [1.54, 1.807) is 0 Å². The van der Waals surface area contributed by atoms with E-state index >= 15 is 0 Å². The summed E-state index contributed by atoms with van der Waals surface area (Å²) in [6.45, 7) is 8.79. The molecule has 0 amide bonds. The second-order valence-corrected chi connectivity index (χ2v) is 8.64. The van der Waals surface area contributed by atoms with Crippen molar-refractivity contribution in [1.82, 2.24) is 9.80 Å². The Morgan fingerprint density at radius 1 is 1.00 bits per heavy atom. The number of esters is 1. The molecule has 2 heterocycles. The summed E-state index contributed by atoms with van der Waals surface area (Å²) in [5, 5.41) is 0. The fourth-order valence-electron chi connectivity index (χ4n) is 5.01. The number of likely N-dealkylation sites (tertiary alicyclic amines) is 2. The van der Waals surface area contributed by atoms with E-state index in [0.29, 0.717) is 12.6 Å². The molecule has 0 N–H and O–H groups in total. The molecule has 0 atom stereocenters. The number of nitrogens with zero attached hydrogens (tertiary/aromatic N) is 2. The number of benzene rings is 2. The van der Waals surface area contributed by atoms with Crippen molar-refractivity contribution in [1.29, 1.82) is 0 Å². The Balaban J connectivity index is 1.42. The third-order valence-electron chi connectivity index (χ3n) is 6.56. The summed E-state index contributed by atoms with van der Waals surface area (Å²) in [5.74, 6) is 0.0631. The van der Waals surface area contributed by atoms with Gasteiger partial charge in [0, 0.05) is 18.6 Å². The minimum atomic E-state index is -0.0132. The van der Waals surface area contributed by atoms with Crippen LogP contribution in [0.2, 0.25) is 0 Å². The van der Waals surface area contributed by atoms with Crippen LogP contribution in [0, 0.1) is 5.92 Å². The van der Waals surface area contributed by atoms with Gasteiger partial charge in [-0.1, -0.05) is 60.7 Å². The molecule has 2 fully saturated rings. The molecule has 4 heteroatoms. The highest BCUT2D eigenvalue weighted by atomic mass is 16.5. The number of carbonyl (C=O) groups excluding carboxylic acids is 1. The molecule has 0 aliphatic carbocycles. The number of rotatable bonds is 6. The maximum absolute atomic E-state index is 12.0. The smallest absolute Gasteiger partial charge is 0.309 e. The molecule has 2 aromatic rings. The number of hydrogen-bond donors (Lipinski definition) is 0. The topological polar surface area (TPSA) is 32.8 Å². The van der Waals surface area contributed by atoms with Crippen LogP contribution >= 0.6 is 0 Å². The van der Waals surface area contributed by atoms with E-state index in [2.05, 4.69) is 77.4 Å². The first-order valence-corrected chi connectivity index (χ1v) is 10.9. The lowest BCUT2D eigenvalue weighted by molar-refractivity contribution is -0.151. The molecule has 154 valence electrons. The van der Waals surface area contributed by atoms with Gasteiger partial charge in [-0.2, -0.15) is 0 Å². The van der Waals surface area contributed by atoms with E-state index < -0.39 is 0 Å². The maximum Gasteiger partial charge on any atom is 0.309 e. The van der Waals surface area contributed by atoms with Gasteiger partial charge >= 0.3 is 5.97 Å². The molecular formula is C25H32N2O2. The van der Waals surface area contributed by atoms with Crippen molar-refractivity contribution in [2.24, 2.45) is 5.92 Å². The third kappa shape index (κ3) is 4.24. The predicted octanol–water partition coefficient (Wildman–Crippen LogP) is 4.13. The van der Waals surface area contributed by atoms with Crippen LogP contribution in [0.5, 0.6) is 0 Å². The number of hydrogen-bond acceptors (Lipinski definition) is 4. The Kier molecular flexibility index (Phi) is 6.02. The van der Waals surface area contributed by atoms with Gasteiger partial charge in [0.2, 0.25) is 0 Å². The van der Waals surface area contributed by atoms with Crippen molar-refractivity contribution < 1.29 is 9.53 Å². The summed E-state index contributed by atoms with van der Waals surface area (Å²) < 4.78 is 5.22. The lowest BCUT2D eigenvalue weighted by Crippen LogP contribution is -2.70. The van der Waals surface area contributed by atoms with Gasteiger partial charge in [0.25, 0.3) is 0 Å². The summed E-state index contributed by atoms with van der Waals surface area (Å²) >= 11 is 0. The monoisotopic (exact) mass is 392 g/mol. The zero-order valence-corrected chi connectivity index (χ0v) is 17.6. The van der Waals surface area contributed by atoms with Crippen LogP contribution < -0.4 is 0 Å². The molecule has 0 radical (unpaired) electrons. The highest BCUT2D eigenvalue weighted by molar-refractivity contribution is 5.72. The van der Waals surface area contributed by atoms with Gasteiger partial charge in [-0.15, -0.1) is 0 Å². The molecule has 0 saturated carbocycles. The van der Waals surface area contributed by atoms with Crippen LogP contribution in [0.25, 0.3) is 0 Å². The Hall–Kier alpha value is -2.17. The second-order valence-electron chi connectivity index (χ2n) is 8.64. The van der Waals surface area contributed by atoms with Crippen LogP contribution in [-0.2, 0) is 9.53 Å². The summed E-state index contributed by atoms with van der Waals surface area (Å²) in [7, 11) is 0. The standard InChI is InChI=1S/C25H32N2O2/c1-3-29-24(28)22-14-16-27(17-15-22)25(2)18-26(19-25)23(20-10-6-4-7-11-20)21-12-8-5-9-13-21/h4-13,22-23H,3,14-19H2,1-2H3. The van der Waals surface area contributed by atoms with Crippen LogP contribution in [0.1, 0.15) is 43.9 Å². The Morgan fingerprint density at radius 2 is 1.52 bits per heavy atom. The van der Waals surface area contributed by atoms with E-state index in [1.807, 2.05) is 6.92 Å². The largest absolute Gasteiger partial charge is 0.466 e. The lowest BCUT2D eigenvalue weighted by atomic mass is 9.82. The molecule has 0 unspecified atom stereocenters. The molecule has 4 rings (SSSR count). The molecule has 0 spiro atoms. The zero-order chi connectivity index (χ0) is 20.3. The van der Waals surface area contributed by atoms with Crippen molar-refractivity contribution in [2.75, 3.05) is 32.8 Å². The van der Waals surface area contributed by atoms with E-state index in [9.17, 15) is 4.79 Å². The Bertz CT molecular complexity index is 755. The van der Waals surface area contributed by atoms with Crippen molar-refractivity contribution in [2.45, 2.75) is 38.3 Å². The zero-order valence-electron chi connectivity index (χ0n) is 17.6. The second kappa shape index (κ2) is 8.68. The normalized spacial score (nSPS) is 20.4. The molecule has 0 aromatic heterocycles. The third-order valence-corrected chi connectivity index (χ3v) is 6.56. The summed E-state index contributed by atoms with van der Waals surface area (Å²) in [4.78, 5) is 17.2. The minimum absolute atomic E-state index is 0.0132. The van der Waals surface area contributed by atoms with Gasteiger partial charge in [0.1, 0.15) is 0 Å². The number of carbonyl (C=O) groups is 1. The number of ether oxygens (including phenoxy) is 1. The summed E-state index contributed by atoms with van der Waals surface area (Å²) in [6.07, 6.45) is 1.82. The predicted molar refractivity (Wildman–Crippen MR) is 116 cm³/mol. The minimum Gasteiger partial charge on any atom is -0.466 e. The highest BCUT2D eigenvalue weighted by Gasteiger charge is 2.47. The SMILES string of the molecule is CCOC(=O)C1CCN(C2(C)CN(C(c3ccccc3)c3ccccc3)C2)CC1. The van der Waals surface area contributed by atoms with Crippen molar-refractivity contribution in [3.8, 4) is 0 Å². The molecule has 4 nitrogen and oxygen atoms in total. The van der Waals surface area contributed by atoms with E-state index in [1.165, 1.54) is 11.1 Å². The van der Waals surface area contributed by atoms with Crippen molar-refractivity contribution in [3.05, 3.63) is 71.8 Å². The number of piperidine rings is 1. The lowest BCUT2D eigenvalue weighted by Gasteiger charge is -2.58. The van der Waals surface area contributed by atoms with Crippen molar-refractivity contribution in [3.63, 3.8) is 0 Å². The maximum atomic E-state index is 12.0. The summed E-state index contributed by atoms with van der Waals surface area (Å²) in [5.41, 5.74) is 2.88. The van der Waals surface area contributed by atoms with Gasteiger partial charge in [0.15, 0.2) is 0 Å². The van der Waals surface area contributed by atoms with Crippen LogP contribution in [0.3, 0.4) is 0 Å². The quantitative estimate of drug-likeness (QED) is 0.692. The Morgan fingerprint density at radius 3 is 2.00 bits per heavy atom. The Labute approximate surface area is 174 Å². The average Bonchev–Trinajstić information content (AvgIpc) is 2.74. The van der Waals surface area contributed by atoms with Gasteiger partial charge in [-0.05, 0) is 50.9 Å². The first-order chi connectivity index (χ1) is 14.1. The van der Waals surface area contributed by atoms with Crippen molar-refractivity contribution >= 4 is 5.97 Å². The fourth-order valence-corrected chi connectivity index (χ4v) is 5.01. The van der Waals surface area contributed by atoms with Gasteiger partial charge in [-0.3, -0.25) is 14.6 Å². The first kappa shape index (κ1) is 20.1. The fraction of sp³-hybridized carbons (Fsp3) is 0.480.